The van der Waals surface area contributed by atoms with Crippen molar-refractivity contribution in [3.05, 3.63) is 0 Å². The summed E-state index contributed by atoms with van der Waals surface area (Å²) < 4.78 is 0. The fourth-order valence-electron chi connectivity index (χ4n) is 2.70. The Bertz CT molecular complexity index is 588. The Morgan fingerprint density at radius 1 is 0.806 bits per heavy atom. The summed E-state index contributed by atoms with van der Waals surface area (Å²) in [6, 6.07) is -4.42. The minimum Gasteiger partial charge on any atom is -0.480 e. The van der Waals surface area contributed by atoms with Crippen LogP contribution >= 0.6 is 0 Å². The van der Waals surface area contributed by atoms with Crippen LogP contribution in [-0.4, -0.2) is 77.3 Å². The molecule has 0 heterocycles. The van der Waals surface area contributed by atoms with Crippen LogP contribution in [0, 0.1) is 0 Å². The third kappa shape index (κ3) is 11.6. The summed E-state index contributed by atoms with van der Waals surface area (Å²) >= 11 is 0. The minimum atomic E-state index is -1.40. The molecule has 0 rings (SSSR count). The predicted molar refractivity (Wildman–Crippen MR) is 115 cm³/mol. The fourth-order valence-corrected chi connectivity index (χ4v) is 2.70. The molecular formula is C19H38N6O6. The highest BCUT2D eigenvalue weighted by Gasteiger charge is 2.31. The van der Waals surface area contributed by atoms with E-state index in [1.807, 2.05) is 0 Å². The largest absolute Gasteiger partial charge is 0.480 e. The van der Waals surface area contributed by atoms with Gasteiger partial charge in [-0.1, -0.05) is 6.42 Å². The van der Waals surface area contributed by atoms with Crippen LogP contribution in [-0.2, 0) is 19.2 Å². The summed E-state index contributed by atoms with van der Waals surface area (Å²) in [4.78, 5) is 48.4. The average molecular weight is 447 g/mol. The lowest BCUT2D eigenvalue weighted by Gasteiger charge is -2.26. The summed E-state index contributed by atoms with van der Waals surface area (Å²) in [5.41, 5.74) is 16.8. The number of carbonyl (C=O) groups excluding carboxylic acids is 3. The zero-order valence-corrected chi connectivity index (χ0v) is 18.3. The van der Waals surface area contributed by atoms with Gasteiger partial charge in [-0.05, 0) is 59.0 Å². The zero-order valence-electron chi connectivity index (χ0n) is 18.3. The number of aliphatic hydroxyl groups excluding tert-OH is 1. The lowest BCUT2D eigenvalue weighted by atomic mass is 10.0. The van der Waals surface area contributed by atoms with E-state index < -0.39 is 54.0 Å². The Kier molecular flexibility index (Phi) is 14.4. The third-order valence-electron chi connectivity index (χ3n) is 4.68. The minimum absolute atomic E-state index is 0.254. The van der Waals surface area contributed by atoms with E-state index in [0.717, 1.165) is 6.42 Å². The van der Waals surface area contributed by atoms with Gasteiger partial charge in [-0.3, -0.25) is 19.2 Å². The molecule has 5 atom stereocenters. The number of carboxylic acids is 1. The highest BCUT2D eigenvalue weighted by molar-refractivity contribution is 5.94. The van der Waals surface area contributed by atoms with Gasteiger partial charge < -0.3 is 43.4 Å². The predicted octanol–water partition coefficient (Wildman–Crippen LogP) is -2.49. The van der Waals surface area contributed by atoms with E-state index in [4.69, 9.17) is 22.3 Å². The second-order valence-electron chi connectivity index (χ2n) is 7.53. The maximum atomic E-state index is 12.8. The van der Waals surface area contributed by atoms with E-state index in [1.54, 1.807) is 0 Å². The Labute approximate surface area is 182 Å². The molecule has 0 aromatic heterocycles. The molecule has 0 aliphatic carbocycles. The SMILES string of the molecule is CC(NC(=O)C(NC(=O)C(CCCCN)NC(=O)C(N)CCCCN)C(C)O)C(=O)O. The van der Waals surface area contributed by atoms with Gasteiger partial charge in [0.25, 0.3) is 0 Å². The Morgan fingerprint density at radius 2 is 1.35 bits per heavy atom. The van der Waals surface area contributed by atoms with Crippen LogP contribution < -0.4 is 33.2 Å². The summed E-state index contributed by atoms with van der Waals surface area (Å²) in [5, 5.41) is 26.0. The lowest BCUT2D eigenvalue weighted by Crippen LogP contribution is -2.59. The molecule has 0 aromatic carbocycles. The van der Waals surface area contributed by atoms with Gasteiger partial charge in [0, 0.05) is 0 Å². The van der Waals surface area contributed by atoms with E-state index in [0.29, 0.717) is 38.8 Å². The number of aliphatic carboxylic acids is 1. The summed E-state index contributed by atoms with van der Waals surface area (Å²) in [6.07, 6.45) is 1.92. The second kappa shape index (κ2) is 15.5. The van der Waals surface area contributed by atoms with E-state index in [2.05, 4.69) is 16.0 Å². The maximum absolute atomic E-state index is 12.8. The van der Waals surface area contributed by atoms with Gasteiger partial charge in [0.1, 0.15) is 18.1 Å². The van der Waals surface area contributed by atoms with E-state index in [-0.39, 0.29) is 6.42 Å². The van der Waals surface area contributed by atoms with Gasteiger partial charge in [0.05, 0.1) is 12.1 Å². The van der Waals surface area contributed by atoms with Crippen LogP contribution in [0.5, 0.6) is 0 Å². The first-order chi connectivity index (χ1) is 14.5. The van der Waals surface area contributed by atoms with Gasteiger partial charge in [-0.2, -0.15) is 0 Å². The molecule has 12 heteroatoms. The molecule has 0 radical (unpaired) electrons. The first kappa shape index (κ1) is 28.7. The van der Waals surface area contributed by atoms with Crippen LogP contribution in [0.25, 0.3) is 0 Å². The highest BCUT2D eigenvalue weighted by atomic mass is 16.4. The van der Waals surface area contributed by atoms with Crippen molar-refractivity contribution in [3.8, 4) is 0 Å². The topological polar surface area (TPSA) is 223 Å². The normalized spacial score (nSPS) is 15.8. The van der Waals surface area contributed by atoms with Crippen LogP contribution in [0.1, 0.15) is 52.4 Å². The van der Waals surface area contributed by atoms with Gasteiger partial charge in [-0.15, -0.1) is 0 Å². The van der Waals surface area contributed by atoms with Gasteiger partial charge in [0.15, 0.2) is 0 Å². The smallest absolute Gasteiger partial charge is 0.325 e. The molecule has 0 bridgehead atoms. The Morgan fingerprint density at radius 3 is 1.84 bits per heavy atom. The summed E-state index contributed by atoms with van der Waals surface area (Å²) in [7, 11) is 0. The standard InChI is InChI=1S/C19H38N6O6/c1-11(19(30)31)23-18(29)15(12(2)26)25-17(28)14(8-4-6-10-21)24-16(27)13(22)7-3-5-9-20/h11-15,26H,3-10,20-22H2,1-2H3,(H,23,29)(H,24,27)(H,25,28)(H,30,31). The van der Waals surface area contributed by atoms with Crippen molar-refractivity contribution in [2.75, 3.05) is 13.1 Å². The third-order valence-corrected chi connectivity index (χ3v) is 4.68. The number of hydrogen-bond donors (Lipinski definition) is 8. The molecule has 0 spiro atoms. The van der Waals surface area contributed by atoms with Crippen molar-refractivity contribution in [2.45, 2.75) is 82.6 Å². The molecule has 5 unspecified atom stereocenters. The van der Waals surface area contributed by atoms with Crippen molar-refractivity contribution in [3.63, 3.8) is 0 Å². The van der Waals surface area contributed by atoms with Crippen LogP contribution in [0.4, 0.5) is 0 Å². The zero-order chi connectivity index (χ0) is 24.0. The molecule has 0 saturated carbocycles. The number of carbonyl (C=O) groups is 4. The lowest BCUT2D eigenvalue weighted by molar-refractivity contribution is -0.142. The molecule has 31 heavy (non-hydrogen) atoms. The Balaban J connectivity index is 5.19. The second-order valence-corrected chi connectivity index (χ2v) is 7.53. The van der Waals surface area contributed by atoms with Crippen molar-refractivity contribution in [1.29, 1.82) is 0 Å². The summed E-state index contributed by atoms with van der Waals surface area (Å²) in [5.74, 6) is -3.32. The molecule has 180 valence electrons. The number of carboxylic acid groups (broad SMARTS) is 1. The molecule has 0 aromatic rings. The first-order valence-electron chi connectivity index (χ1n) is 10.5. The number of rotatable bonds is 16. The van der Waals surface area contributed by atoms with E-state index in [9.17, 15) is 24.3 Å². The molecule has 0 fully saturated rings. The molecule has 0 saturated heterocycles. The molecule has 12 nitrogen and oxygen atoms in total. The van der Waals surface area contributed by atoms with Crippen molar-refractivity contribution in [2.24, 2.45) is 17.2 Å². The average Bonchev–Trinajstić information content (AvgIpc) is 2.70. The molecule has 3 amide bonds. The van der Waals surface area contributed by atoms with Crippen molar-refractivity contribution < 1.29 is 29.4 Å². The van der Waals surface area contributed by atoms with Crippen LogP contribution in [0.2, 0.25) is 0 Å². The van der Waals surface area contributed by atoms with E-state index >= 15 is 0 Å². The fraction of sp³-hybridized carbons (Fsp3) is 0.789. The maximum Gasteiger partial charge on any atom is 0.325 e. The molecule has 0 aliphatic rings. The van der Waals surface area contributed by atoms with Crippen LogP contribution in [0.3, 0.4) is 0 Å². The number of nitrogens with one attached hydrogen (secondary N) is 3. The molecule has 0 aliphatic heterocycles. The Hall–Kier alpha value is -2.28. The van der Waals surface area contributed by atoms with E-state index in [1.165, 1.54) is 13.8 Å². The van der Waals surface area contributed by atoms with Crippen molar-refractivity contribution in [1.82, 2.24) is 16.0 Å². The number of unbranched alkanes of at least 4 members (excludes halogenated alkanes) is 2. The number of amides is 3. The highest BCUT2D eigenvalue weighted by Crippen LogP contribution is 2.05. The summed E-state index contributed by atoms with van der Waals surface area (Å²) in [6.45, 7) is 3.43. The molecule has 11 N–H and O–H groups in total. The molecular weight excluding hydrogens is 408 g/mol. The van der Waals surface area contributed by atoms with Gasteiger partial charge in [-0.25, -0.2) is 0 Å². The van der Waals surface area contributed by atoms with Crippen LogP contribution in [0.15, 0.2) is 0 Å². The van der Waals surface area contributed by atoms with Gasteiger partial charge >= 0.3 is 5.97 Å². The quantitative estimate of drug-likeness (QED) is 0.117. The van der Waals surface area contributed by atoms with Gasteiger partial charge in [0.2, 0.25) is 17.7 Å². The number of hydrogen-bond acceptors (Lipinski definition) is 8. The number of nitrogens with two attached hydrogens (primary N) is 3. The first-order valence-corrected chi connectivity index (χ1v) is 10.5. The number of aliphatic hydroxyl groups is 1. The van der Waals surface area contributed by atoms with Crippen molar-refractivity contribution >= 4 is 23.7 Å². The monoisotopic (exact) mass is 446 g/mol.